The van der Waals surface area contributed by atoms with Crippen LogP contribution in [0.25, 0.3) is 28.5 Å². The summed E-state index contributed by atoms with van der Waals surface area (Å²) in [5.74, 6) is -0.576. The van der Waals surface area contributed by atoms with Crippen LogP contribution in [0, 0.1) is 6.92 Å². The van der Waals surface area contributed by atoms with Gasteiger partial charge in [-0.05, 0) is 79.2 Å². The summed E-state index contributed by atoms with van der Waals surface area (Å²) in [6, 6.07) is 19.5. The van der Waals surface area contributed by atoms with Gasteiger partial charge in [0.15, 0.2) is 0 Å². The largest absolute Gasteiger partial charge is 0.378 e. The smallest absolute Gasteiger partial charge is 0.267 e. The standard InChI is InChI=1S/C31H28ClN7O5S/c1-18-23(11-14-28(33-18)38-45(43,44)22-9-4-19(5-10-22)6-15-29(40)37-42)31(41)34-20-7-12-25(32)24(16-20)30-35-26-13-8-21(39(2)3)17-27(26)36-30/h4-17,42H,1-3H3,(H,33,38)(H,34,41)(H,35,36)(H,37,40)/b15-6+. The highest BCUT2D eigenvalue weighted by atomic mass is 35.5. The zero-order valence-electron chi connectivity index (χ0n) is 24.3. The molecule has 45 heavy (non-hydrogen) atoms. The number of pyridine rings is 1. The van der Waals surface area contributed by atoms with Crippen LogP contribution in [0.2, 0.25) is 5.02 Å². The first-order valence-electron chi connectivity index (χ1n) is 13.4. The number of aromatic amines is 1. The maximum atomic E-state index is 13.2. The Morgan fingerprint density at radius 1 is 0.978 bits per heavy atom. The van der Waals surface area contributed by atoms with Crippen molar-refractivity contribution in [3.63, 3.8) is 0 Å². The molecular weight excluding hydrogens is 618 g/mol. The van der Waals surface area contributed by atoms with Gasteiger partial charge in [0.1, 0.15) is 11.6 Å². The molecule has 0 atom stereocenters. The number of sulfonamides is 1. The lowest BCUT2D eigenvalue weighted by atomic mass is 10.1. The molecule has 0 saturated heterocycles. The molecular formula is C31H28ClN7O5S. The Morgan fingerprint density at radius 3 is 2.42 bits per heavy atom. The number of imidazole rings is 1. The lowest BCUT2D eigenvalue weighted by Crippen LogP contribution is -2.17. The molecule has 0 bridgehead atoms. The van der Waals surface area contributed by atoms with E-state index in [1.54, 1.807) is 25.1 Å². The molecule has 0 aliphatic carbocycles. The van der Waals surface area contributed by atoms with Crippen molar-refractivity contribution in [2.24, 2.45) is 0 Å². The van der Waals surface area contributed by atoms with Gasteiger partial charge in [-0.1, -0.05) is 23.7 Å². The zero-order chi connectivity index (χ0) is 32.3. The molecule has 12 nitrogen and oxygen atoms in total. The molecule has 2 heterocycles. The molecule has 14 heteroatoms. The highest BCUT2D eigenvalue weighted by molar-refractivity contribution is 7.92. The average Bonchev–Trinajstić information content (AvgIpc) is 3.44. The van der Waals surface area contributed by atoms with Crippen LogP contribution in [-0.2, 0) is 14.8 Å². The predicted octanol–water partition coefficient (Wildman–Crippen LogP) is 5.22. The molecule has 230 valence electrons. The van der Waals surface area contributed by atoms with E-state index >= 15 is 0 Å². The number of carbonyl (C=O) groups is 2. The number of fused-ring (bicyclic) bond motifs is 1. The van der Waals surface area contributed by atoms with Crippen molar-refractivity contribution in [2.75, 3.05) is 29.0 Å². The van der Waals surface area contributed by atoms with Crippen molar-refractivity contribution < 1.29 is 23.2 Å². The van der Waals surface area contributed by atoms with Crippen molar-refractivity contribution in [2.45, 2.75) is 11.8 Å². The first-order valence-corrected chi connectivity index (χ1v) is 15.3. The fourth-order valence-corrected chi connectivity index (χ4v) is 5.62. The number of amides is 2. The summed E-state index contributed by atoms with van der Waals surface area (Å²) >= 11 is 6.50. The maximum absolute atomic E-state index is 13.2. The van der Waals surface area contributed by atoms with Crippen molar-refractivity contribution in [3.05, 3.63) is 101 Å². The number of hydrogen-bond donors (Lipinski definition) is 5. The van der Waals surface area contributed by atoms with Gasteiger partial charge < -0.3 is 15.2 Å². The molecule has 5 aromatic rings. The van der Waals surface area contributed by atoms with Crippen LogP contribution in [0.5, 0.6) is 0 Å². The first-order chi connectivity index (χ1) is 21.4. The number of hydrogen-bond acceptors (Lipinski definition) is 8. The summed E-state index contributed by atoms with van der Waals surface area (Å²) in [5, 5.41) is 11.9. The number of anilines is 3. The van der Waals surface area contributed by atoms with Gasteiger partial charge in [-0.15, -0.1) is 0 Å². The van der Waals surface area contributed by atoms with Crippen LogP contribution < -0.4 is 20.4 Å². The minimum absolute atomic E-state index is 0.0312. The summed E-state index contributed by atoms with van der Waals surface area (Å²) in [4.78, 5) is 38.5. The van der Waals surface area contributed by atoms with Gasteiger partial charge in [0, 0.05) is 37.1 Å². The van der Waals surface area contributed by atoms with Crippen molar-refractivity contribution in [1.82, 2.24) is 20.4 Å². The van der Waals surface area contributed by atoms with E-state index in [4.69, 9.17) is 16.8 Å². The Bertz CT molecular complexity index is 2060. The Balaban J connectivity index is 1.30. The number of aromatic nitrogens is 3. The SMILES string of the molecule is Cc1nc(NS(=O)(=O)c2ccc(/C=C/C(=O)NO)cc2)ccc1C(=O)Nc1ccc(Cl)c(-c2nc3ccc(N(C)C)cc3[nH]2)c1. The second-order valence-electron chi connectivity index (χ2n) is 10.1. The molecule has 0 spiro atoms. The molecule has 2 amide bonds. The summed E-state index contributed by atoms with van der Waals surface area (Å²) in [6.45, 7) is 1.60. The molecule has 5 N–H and O–H groups in total. The van der Waals surface area contributed by atoms with Crippen LogP contribution in [-0.4, -0.2) is 54.5 Å². The third kappa shape index (κ3) is 7.12. The van der Waals surface area contributed by atoms with Crippen molar-refractivity contribution in [1.29, 1.82) is 0 Å². The van der Waals surface area contributed by atoms with Gasteiger partial charge in [0.2, 0.25) is 0 Å². The van der Waals surface area contributed by atoms with Crippen LogP contribution in [0.15, 0.2) is 83.8 Å². The predicted molar refractivity (Wildman–Crippen MR) is 174 cm³/mol. The second-order valence-corrected chi connectivity index (χ2v) is 12.2. The van der Waals surface area contributed by atoms with E-state index in [1.807, 2.05) is 37.2 Å². The third-order valence-electron chi connectivity index (χ3n) is 6.76. The normalized spacial score (nSPS) is 11.5. The van der Waals surface area contributed by atoms with E-state index in [1.165, 1.54) is 48.0 Å². The van der Waals surface area contributed by atoms with Gasteiger partial charge in [-0.2, -0.15) is 0 Å². The molecule has 2 aromatic heterocycles. The van der Waals surface area contributed by atoms with E-state index in [-0.39, 0.29) is 16.3 Å². The minimum atomic E-state index is -4.00. The summed E-state index contributed by atoms with van der Waals surface area (Å²) in [6.07, 6.45) is 2.51. The van der Waals surface area contributed by atoms with Crippen LogP contribution in [0.1, 0.15) is 21.6 Å². The molecule has 0 aliphatic rings. The van der Waals surface area contributed by atoms with Crippen LogP contribution >= 0.6 is 11.6 Å². The summed E-state index contributed by atoms with van der Waals surface area (Å²) in [7, 11) is -0.0860. The van der Waals surface area contributed by atoms with Gasteiger partial charge in [-0.3, -0.25) is 19.5 Å². The molecule has 0 fully saturated rings. The zero-order valence-corrected chi connectivity index (χ0v) is 25.9. The van der Waals surface area contributed by atoms with Gasteiger partial charge in [-0.25, -0.2) is 23.9 Å². The number of nitrogens with zero attached hydrogens (tertiary/aromatic N) is 3. The van der Waals surface area contributed by atoms with E-state index in [9.17, 15) is 18.0 Å². The molecule has 0 unspecified atom stereocenters. The molecule has 3 aromatic carbocycles. The highest BCUT2D eigenvalue weighted by Crippen LogP contribution is 2.31. The summed E-state index contributed by atoms with van der Waals surface area (Å²) in [5.41, 5.74) is 6.29. The van der Waals surface area contributed by atoms with Crippen molar-refractivity contribution in [3.8, 4) is 11.4 Å². The van der Waals surface area contributed by atoms with Gasteiger partial charge >= 0.3 is 0 Å². The number of hydroxylamine groups is 1. The number of aryl methyl sites for hydroxylation is 1. The quantitative estimate of drug-likeness (QED) is 0.0825. The van der Waals surface area contributed by atoms with E-state index < -0.39 is 21.8 Å². The lowest BCUT2D eigenvalue weighted by Gasteiger charge is -2.12. The average molecular weight is 646 g/mol. The number of halogens is 1. The van der Waals surface area contributed by atoms with Gasteiger partial charge in [0.05, 0.1) is 32.2 Å². The molecule has 0 radical (unpaired) electrons. The second kappa shape index (κ2) is 12.8. The number of benzene rings is 3. The van der Waals surface area contributed by atoms with E-state index in [0.29, 0.717) is 33.4 Å². The van der Waals surface area contributed by atoms with E-state index in [0.717, 1.165) is 22.8 Å². The molecule has 0 saturated carbocycles. The number of nitrogens with one attached hydrogen (secondary N) is 4. The maximum Gasteiger partial charge on any atom is 0.267 e. The van der Waals surface area contributed by atoms with Crippen molar-refractivity contribution >= 4 is 67.7 Å². The fraction of sp³-hybridized carbons (Fsp3) is 0.0968. The summed E-state index contributed by atoms with van der Waals surface area (Å²) < 4.78 is 28.2. The Hall–Kier alpha value is -5.24. The van der Waals surface area contributed by atoms with Crippen LogP contribution in [0.4, 0.5) is 17.2 Å². The monoisotopic (exact) mass is 645 g/mol. The number of rotatable bonds is 9. The Kier molecular flexibility index (Phi) is 8.86. The third-order valence-corrected chi connectivity index (χ3v) is 8.46. The Morgan fingerprint density at radius 2 is 1.73 bits per heavy atom. The minimum Gasteiger partial charge on any atom is -0.378 e. The first kappa shape index (κ1) is 31.2. The lowest BCUT2D eigenvalue weighted by molar-refractivity contribution is -0.124. The molecule has 0 aliphatic heterocycles. The van der Waals surface area contributed by atoms with E-state index in [2.05, 4.69) is 25.0 Å². The number of H-pyrrole nitrogens is 1. The molecule has 5 rings (SSSR count). The highest BCUT2D eigenvalue weighted by Gasteiger charge is 2.18. The topological polar surface area (TPSA) is 169 Å². The fourth-order valence-electron chi connectivity index (χ4n) is 4.41. The Labute approximate surface area is 263 Å². The van der Waals surface area contributed by atoms with Gasteiger partial charge in [0.25, 0.3) is 21.8 Å². The van der Waals surface area contributed by atoms with Crippen LogP contribution in [0.3, 0.4) is 0 Å². The number of carbonyl (C=O) groups excluding carboxylic acids is 2.